The Bertz CT molecular complexity index is 1090. The smallest absolute Gasteiger partial charge is 0.311 e. The second-order valence-corrected chi connectivity index (χ2v) is 6.67. The van der Waals surface area contributed by atoms with Gasteiger partial charge in [-0.2, -0.15) is 5.10 Å². The lowest BCUT2D eigenvalue weighted by atomic mass is 9.80. The molecule has 3 aromatic rings. The highest BCUT2D eigenvalue weighted by atomic mass is 16.5. The average molecular weight is 370 g/mol. The number of ether oxygens (including phenoxy) is 1. The number of amides is 1. The number of fused-ring (bicyclic) bond motifs is 3. The molecule has 0 saturated carbocycles. The van der Waals surface area contributed by atoms with E-state index in [1.807, 2.05) is 0 Å². The molecule has 0 aliphatic carbocycles. The molecule has 0 atom stereocenters. The van der Waals surface area contributed by atoms with Crippen LogP contribution in [-0.2, 0) is 9.53 Å². The molecule has 0 unspecified atom stereocenters. The van der Waals surface area contributed by atoms with Crippen molar-refractivity contribution in [2.45, 2.75) is 12.8 Å². The van der Waals surface area contributed by atoms with Crippen LogP contribution >= 0.6 is 0 Å². The number of aromatic amines is 1. The molecule has 0 bridgehead atoms. The first kappa shape index (κ1) is 17.2. The summed E-state index contributed by atoms with van der Waals surface area (Å²) in [6, 6.07) is 6.95. The summed E-state index contributed by atoms with van der Waals surface area (Å²) in [7, 11) is 0. The zero-order valence-corrected chi connectivity index (χ0v) is 14.4. The van der Waals surface area contributed by atoms with E-state index in [1.165, 1.54) is 10.7 Å². The van der Waals surface area contributed by atoms with Crippen molar-refractivity contribution in [1.82, 2.24) is 19.9 Å². The maximum absolute atomic E-state index is 12.7. The topological polar surface area (TPSA) is 126 Å². The molecular weight excluding hydrogens is 352 g/mol. The van der Waals surface area contributed by atoms with Gasteiger partial charge in [-0.15, -0.1) is 0 Å². The number of H-pyrrole nitrogens is 1. The molecule has 3 N–H and O–H groups in total. The Labute approximate surface area is 152 Å². The van der Waals surface area contributed by atoms with Gasteiger partial charge in [0.05, 0.1) is 22.5 Å². The number of carbonyl (C=O) groups is 2. The van der Waals surface area contributed by atoms with Crippen molar-refractivity contribution in [3.05, 3.63) is 46.4 Å². The second kappa shape index (κ2) is 6.51. The van der Waals surface area contributed by atoms with E-state index >= 15 is 0 Å². The SMILES string of the molecule is O=C(NCC1(C(=O)O)CCOCC1)c1cnn2c1[nH]c(=O)c1ccccc12. The van der Waals surface area contributed by atoms with Crippen LogP contribution in [0.4, 0.5) is 0 Å². The maximum atomic E-state index is 12.7. The van der Waals surface area contributed by atoms with Gasteiger partial charge in [-0.3, -0.25) is 14.4 Å². The van der Waals surface area contributed by atoms with Crippen LogP contribution in [0.1, 0.15) is 23.2 Å². The van der Waals surface area contributed by atoms with Crippen molar-refractivity contribution in [2.75, 3.05) is 19.8 Å². The summed E-state index contributed by atoms with van der Waals surface area (Å²) in [5, 5.41) is 16.9. The molecule has 27 heavy (non-hydrogen) atoms. The molecule has 1 aliphatic rings. The van der Waals surface area contributed by atoms with E-state index in [0.29, 0.717) is 37.0 Å². The van der Waals surface area contributed by atoms with E-state index in [2.05, 4.69) is 15.4 Å². The largest absolute Gasteiger partial charge is 0.481 e. The van der Waals surface area contributed by atoms with E-state index in [1.54, 1.807) is 24.3 Å². The van der Waals surface area contributed by atoms with Crippen molar-refractivity contribution in [1.29, 1.82) is 0 Å². The number of rotatable bonds is 4. The molecule has 0 spiro atoms. The van der Waals surface area contributed by atoms with Gasteiger partial charge in [0.25, 0.3) is 11.5 Å². The van der Waals surface area contributed by atoms with Gasteiger partial charge < -0.3 is 20.1 Å². The van der Waals surface area contributed by atoms with Crippen LogP contribution in [0.2, 0.25) is 0 Å². The first-order valence-corrected chi connectivity index (χ1v) is 8.60. The Balaban J connectivity index is 1.65. The first-order chi connectivity index (χ1) is 13.0. The maximum Gasteiger partial charge on any atom is 0.311 e. The van der Waals surface area contributed by atoms with Crippen molar-refractivity contribution < 1.29 is 19.4 Å². The molecule has 1 aromatic carbocycles. The summed E-state index contributed by atoms with van der Waals surface area (Å²) in [6.07, 6.45) is 2.03. The number of hydrogen-bond donors (Lipinski definition) is 3. The number of aliphatic carboxylic acids is 1. The molecule has 140 valence electrons. The Hall–Kier alpha value is -3.20. The number of benzene rings is 1. The Kier molecular flexibility index (Phi) is 4.15. The number of carboxylic acids is 1. The van der Waals surface area contributed by atoms with Gasteiger partial charge in [-0.05, 0) is 25.0 Å². The highest BCUT2D eigenvalue weighted by Gasteiger charge is 2.40. The van der Waals surface area contributed by atoms with Crippen LogP contribution in [0.25, 0.3) is 16.6 Å². The van der Waals surface area contributed by atoms with Gasteiger partial charge in [0.15, 0.2) is 0 Å². The summed E-state index contributed by atoms with van der Waals surface area (Å²) >= 11 is 0. The summed E-state index contributed by atoms with van der Waals surface area (Å²) < 4.78 is 6.73. The number of para-hydroxylation sites is 1. The van der Waals surface area contributed by atoms with Crippen molar-refractivity contribution in [2.24, 2.45) is 5.41 Å². The third kappa shape index (κ3) is 2.85. The predicted molar refractivity (Wildman–Crippen MR) is 95.8 cm³/mol. The van der Waals surface area contributed by atoms with Gasteiger partial charge in [-0.1, -0.05) is 12.1 Å². The molecule has 1 saturated heterocycles. The summed E-state index contributed by atoms with van der Waals surface area (Å²) in [4.78, 5) is 39.3. The fourth-order valence-corrected chi connectivity index (χ4v) is 3.42. The molecule has 1 fully saturated rings. The van der Waals surface area contributed by atoms with E-state index in [-0.39, 0.29) is 23.3 Å². The van der Waals surface area contributed by atoms with Crippen LogP contribution in [0.15, 0.2) is 35.3 Å². The standard InChI is InChI=1S/C18H18N4O5/c23-15(19-10-18(17(25)26)5-7-27-8-6-18)12-9-20-22-13-4-2-1-3-11(13)16(24)21-14(12)22/h1-4,9H,5-8,10H2,(H,19,23)(H,21,24)(H,25,26). The van der Waals surface area contributed by atoms with E-state index in [4.69, 9.17) is 4.74 Å². The Morgan fingerprint density at radius 1 is 1.30 bits per heavy atom. The zero-order valence-electron chi connectivity index (χ0n) is 14.4. The Morgan fingerprint density at radius 3 is 2.78 bits per heavy atom. The summed E-state index contributed by atoms with van der Waals surface area (Å²) in [5.74, 6) is -1.44. The number of nitrogens with one attached hydrogen (secondary N) is 2. The highest BCUT2D eigenvalue weighted by Crippen LogP contribution is 2.30. The molecule has 0 radical (unpaired) electrons. The fourth-order valence-electron chi connectivity index (χ4n) is 3.42. The van der Waals surface area contributed by atoms with Crippen molar-refractivity contribution in [3.63, 3.8) is 0 Å². The zero-order chi connectivity index (χ0) is 19.0. The lowest BCUT2D eigenvalue weighted by molar-refractivity contribution is -0.154. The molecule has 4 rings (SSSR count). The molecule has 2 aromatic heterocycles. The molecule has 1 amide bonds. The first-order valence-electron chi connectivity index (χ1n) is 8.60. The molecule has 1 aliphatic heterocycles. The number of carboxylic acid groups (broad SMARTS) is 1. The highest BCUT2D eigenvalue weighted by molar-refractivity contribution is 6.00. The summed E-state index contributed by atoms with van der Waals surface area (Å²) in [5.41, 5.74) is -0.324. The number of aromatic nitrogens is 3. The van der Waals surface area contributed by atoms with E-state index in [9.17, 15) is 19.5 Å². The van der Waals surface area contributed by atoms with Crippen molar-refractivity contribution >= 4 is 28.4 Å². The quantitative estimate of drug-likeness (QED) is 0.623. The second-order valence-electron chi connectivity index (χ2n) is 6.67. The monoisotopic (exact) mass is 370 g/mol. The lowest BCUT2D eigenvalue weighted by Crippen LogP contribution is -2.46. The third-order valence-corrected chi connectivity index (χ3v) is 5.11. The van der Waals surface area contributed by atoms with E-state index < -0.39 is 17.3 Å². The van der Waals surface area contributed by atoms with Crippen LogP contribution in [0, 0.1) is 5.41 Å². The minimum Gasteiger partial charge on any atom is -0.481 e. The molecular formula is C18H18N4O5. The van der Waals surface area contributed by atoms with Crippen LogP contribution in [0.3, 0.4) is 0 Å². The van der Waals surface area contributed by atoms with Gasteiger partial charge in [0, 0.05) is 19.8 Å². The molecule has 9 heteroatoms. The minimum atomic E-state index is -1.04. The molecule has 3 heterocycles. The number of hydrogen-bond acceptors (Lipinski definition) is 5. The normalized spacial score (nSPS) is 16.4. The predicted octanol–water partition coefficient (Wildman–Crippen LogP) is 0.787. The van der Waals surface area contributed by atoms with Crippen LogP contribution in [0.5, 0.6) is 0 Å². The Morgan fingerprint density at radius 2 is 2.04 bits per heavy atom. The molecule has 9 nitrogen and oxygen atoms in total. The number of carbonyl (C=O) groups excluding carboxylic acids is 1. The van der Waals surface area contributed by atoms with Gasteiger partial charge in [0.2, 0.25) is 0 Å². The lowest BCUT2D eigenvalue weighted by Gasteiger charge is -2.33. The van der Waals surface area contributed by atoms with Crippen molar-refractivity contribution in [3.8, 4) is 0 Å². The third-order valence-electron chi connectivity index (χ3n) is 5.11. The van der Waals surface area contributed by atoms with Crippen LogP contribution in [-0.4, -0.2) is 51.3 Å². The van der Waals surface area contributed by atoms with Gasteiger partial charge in [-0.25, -0.2) is 4.52 Å². The minimum absolute atomic E-state index is 0.0142. The van der Waals surface area contributed by atoms with Gasteiger partial charge in [0.1, 0.15) is 11.2 Å². The van der Waals surface area contributed by atoms with E-state index in [0.717, 1.165) is 0 Å². The number of nitrogens with zero attached hydrogens (tertiary/aromatic N) is 2. The van der Waals surface area contributed by atoms with Crippen LogP contribution < -0.4 is 10.9 Å². The fraction of sp³-hybridized carbons (Fsp3) is 0.333. The average Bonchev–Trinajstić information content (AvgIpc) is 3.11. The summed E-state index contributed by atoms with van der Waals surface area (Å²) in [6.45, 7) is 0.677. The van der Waals surface area contributed by atoms with Gasteiger partial charge >= 0.3 is 5.97 Å².